The number of thiazole rings is 1. The van der Waals surface area contributed by atoms with Crippen LogP contribution in [0.1, 0.15) is 28.5 Å². The molecule has 1 atom stereocenters. The zero-order valence-corrected chi connectivity index (χ0v) is 12.9. The molecule has 8 heteroatoms. The highest BCUT2D eigenvalue weighted by molar-refractivity contribution is 7.89. The molecule has 0 aromatic carbocycles. The molecule has 0 radical (unpaired) electrons. The SMILES string of the molecule is Cc1nc(C)c(C(C)NS(=O)(=O)c2ccc(=O)[nH]c2)s1. The van der Waals surface area contributed by atoms with E-state index in [-0.39, 0.29) is 16.5 Å². The minimum absolute atomic E-state index is 0.0304. The summed E-state index contributed by atoms with van der Waals surface area (Å²) in [7, 11) is -3.67. The van der Waals surface area contributed by atoms with Crippen molar-refractivity contribution < 1.29 is 8.42 Å². The van der Waals surface area contributed by atoms with E-state index in [1.54, 1.807) is 6.92 Å². The van der Waals surface area contributed by atoms with Crippen molar-refractivity contribution in [3.63, 3.8) is 0 Å². The molecule has 0 aliphatic rings. The Kier molecular flexibility index (Phi) is 4.07. The molecule has 1 unspecified atom stereocenters. The van der Waals surface area contributed by atoms with Crippen LogP contribution in [-0.2, 0) is 10.0 Å². The second kappa shape index (κ2) is 5.47. The molecular formula is C12H15N3O3S2. The Morgan fingerprint density at radius 1 is 1.35 bits per heavy atom. The lowest BCUT2D eigenvalue weighted by molar-refractivity contribution is 0.567. The minimum atomic E-state index is -3.67. The van der Waals surface area contributed by atoms with Gasteiger partial charge in [0.1, 0.15) is 0 Å². The van der Waals surface area contributed by atoms with E-state index in [9.17, 15) is 13.2 Å². The number of sulfonamides is 1. The van der Waals surface area contributed by atoms with Crippen molar-refractivity contribution in [2.75, 3.05) is 0 Å². The molecule has 0 spiro atoms. The first-order chi connectivity index (χ1) is 9.29. The van der Waals surface area contributed by atoms with E-state index in [2.05, 4.69) is 14.7 Å². The first kappa shape index (κ1) is 14.9. The maximum absolute atomic E-state index is 12.2. The van der Waals surface area contributed by atoms with E-state index in [4.69, 9.17) is 0 Å². The van der Waals surface area contributed by atoms with Crippen LogP contribution < -0.4 is 10.3 Å². The Morgan fingerprint density at radius 3 is 2.55 bits per heavy atom. The number of aromatic amines is 1. The van der Waals surface area contributed by atoms with Gasteiger partial charge >= 0.3 is 0 Å². The van der Waals surface area contributed by atoms with Crippen LogP contribution in [0, 0.1) is 13.8 Å². The average molecular weight is 313 g/mol. The zero-order chi connectivity index (χ0) is 14.9. The summed E-state index contributed by atoms with van der Waals surface area (Å²) in [5, 5.41) is 0.896. The molecule has 0 saturated heterocycles. The molecule has 2 N–H and O–H groups in total. The molecule has 0 aliphatic carbocycles. The fourth-order valence-electron chi connectivity index (χ4n) is 1.87. The number of aryl methyl sites for hydroxylation is 2. The molecule has 20 heavy (non-hydrogen) atoms. The van der Waals surface area contributed by atoms with Crippen molar-refractivity contribution in [1.82, 2.24) is 14.7 Å². The van der Waals surface area contributed by atoms with Crippen molar-refractivity contribution in [2.45, 2.75) is 31.7 Å². The van der Waals surface area contributed by atoms with Crippen molar-refractivity contribution in [3.05, 3.63) is 44.3 Å². The third kappa shape index (κ3) is 3.14. The maximum atomic E-state index is 12.2. The maximum Gasteiger partial charge on any atom is 0.247 e. The fraction of sp³-hybridized carbons (Fsp3) is 0.333. The van der Waals surface area contributed by atoms with Gasteiger partial charge in [0.2, 0.25) is 15.6 Å². The van der Waals surface area contributed by atoms with Gasteiger partial charge in [-0.3, -0.25) is 4.79 Å². The van der Waals surface area contributed by atoms with Gasteiger partial charge in [-0.15, -0.1) is 11.3 Å². The Morgan fingerprint density at radius 2 is 2.05 bits per heavy atom. The summed E-state index contributed by atoms with van der Waals surface area (Å²) in [4.78, 5) is 18.5. The van der Waals surface area contributed by atoms with Crippen LogP contribution in [0.3, 0.4) is 0 Å². The number of hydrogen-bond donors (Lipinski definition) is 2. The topological polar surface area (TPSA) is 91.9 Å². The first-order valence-electron chi connectivity index (χ1n) is 5.94. The molecule has 2 aromatic rings. The van der Waals surface area contributed by atoms with Crippen molar-refractivity contribution in [2.24, 2.45) is 0 Å². The predicted molar refractivity (Wildman–Crippen MR) is 77.4 cm³/mol. The van der Waals surface area contributed by atoms with Crippen LogP contribution in [-0.4, -0.2) is 18.4 Å². The van der Waals surface area contributed by atoms with Gasteiger partial charge < -0.3 is 4.98 Å². The molecule has 6 nitrogen and oxygen atoms in total. The summed E-state index contributed by atoms with van der Waals surface area (Å²) < 4.78 is 27.0. The number of pyridine rings is 1. The molecule has 0 fully saturated rings. The van der Waals surface area contributed by atoms with Crippen LogP contribution in [0.2, 0.25) is 0 Å². The van der Waals surface area contributed by atoms with Gasteiger partial charge in [0.15, 0.2) is 0 Å². The molecule has 2 heterocycles. The summed E-state index contributed by atoms with van der Waals surface area (Å²) in [5.41, 5.74) is 0.482. The molecule has 2 aromatic heterocycles. The lowest BCUT2D eigenvalue weighted by atomic mass is 10.2. The standard InChI is InChI=1S/C12H15N3O3S2/c1-7-12(19-9(3)14-7)8(2)15-20(17,18)10-4-5-11(16)13-6-10/h4-6,8,15H,1-3H3,(H,13,16). The van der Waals surface area contributed by atoms with Gasteiger partial charge in [-0.05, 0) is 26.8 Å². The largest absolute Gasteiger partial charge is 0.328 e. The van der Waals surface area contributed by atoms with Gasteiger partial charge in [-0.1, -0.05) is 0 Å². The van der Waals surface area contributed by atoms with Gasteiger partial charge in [-0.2, -0.15) is 0 Å². The predicted octanol–water partition coefficient (Wildman–Crippen LogP) is 1.49. The molecule has 108 valence electrons. The summed E-state index contributed by atoms with van der Waals surface area (Å²) in [6.07, 6.45) is 1.18. The molecular weight excluding hydrogens is 298 g/mol. The van der Waals surface area contributed by atoms with Crippen LogP contribution in [0.4, 0.5) is 0 Å². The van der Waals surface area contributed by atoms with Gasteiger partial charge in [-0.25, -0.2) is 18.1 Å². The smallest absolute Gasteiger partial charge is 0.247 e. The second-order valence-corrected chi connectivity index (χ2v) is 7.36. The van der Waals surface area contributed by atoms with Crippen molar-refractivity contribution in [1.29, 1.82) is 0 Å². The van der Waals surface area contributed by atoms with Gasteiger partial charge in [0, 0.05) is 17.1 Å². The molecule has 0 bridgehead atoms. The summed E-state index contributed by atoms with van der Waals surface area (Å²) in [6, 6.07) is 2.08. The van der Waals surface area contributed by atoms with Gasteiger partial charge in [0.25, 0.3) is 0 Å². The third-order valence-corrected chi connectivity index (χ3v) is 5.52. The summed E-state index contributed by atoms with van der Waals surface area (Å²) in [5.74, 6) is 0. The highest BCUT2D eigenvalue weighted by atomic mass is 32.2. The van der Waals surface area contributed by atoms with E-state index in [1.807, 2.05) is 13.8 Å². The fourth-order valence-corrected chi connectivity index (χ4v) is 4.05. The molecule has 0 saturated carbocycles. The second-order valence-electron chi connectivity index (χ2n) is 4.41. The summed E-state index contributed by atoms with van der Waals surface area (Å²) in [6.45, 7) is 5.50. The van der Waals surface area contributed by atoms with Gasteiger partial charge in [0.05, 0.1) is 21.6 Å². The van der Waals surface area contributed by atoms with Crippen LogP contribution >= 0.6 is 11.3 Å². The van der Waals surface area contributed by atoms with E-state index >= 15 is 0 Å². The van der Waals surface area contributed by atoms with E-state index in [1.165, 1.54) is 29.7 Å². The van der Waals surface area contributed by atoms with Crippen LogP contribution in [0.25, 0.3) is 0 Å². The van der Waals surface area contributed by atoms with Crippen LogP contribution in [0.5, 0.6) is 0 Å². The lowest BCUT2D eigenvalue weighted by Crippen LogP contribution is -2.27. The number of nitrogens with zero attached hydrogens (tertiary/aromatic N) is 1. The minimum Gasteiger partial charge on any atom is -0.328 e. The number of hydrogen-bond acceptors (Lipinski definition) is 5. The number of H-pyrrole nitrogens is 1. The number of nitrogens with one attached hydrogen (secondary N) is 2. The Hall–Kier alpha value is -1.51. The molecule has 2 rings (SSSR count). The highest BCUT2D eigenvalue weighted by Crippen LogP contribution is 2.25. The van der Waals surface area contributed by atoms with E-state index in [0.29, 0.717) is 0 Å². The first-order valence-corrected chi connectivity index (χ1v) is 8.24. The zero-order valence-electron chi connectivity index (χ0n) is 11.3. The average Bonchev–Trinajstić information content (AvgIpc) is 2.68. The molecule has 0 aliphatic heterocycles. The van der Waals surface area contributed by atoms with Crippen LogP contribution in [0.15, 0.2) is 28.0 Å². The normalized spacial score (nSPS) is 13.3. The third-order valence-electron chi connectivity index (χ3n) is 2.73. The quantitative estimate of drug-likeness (QED) is 0.894. The summed E-state index contributed by atoms with van der Waals surface area (Å²) >= 11 is 1.46. The Bertz CT molecular complexity index is 757. The van der Waals surface area contributed by atoms with Crippen molar-refractivity contribution in [3.8, 4) is 0 Å². The lowest BCUT2D eigenvalue weighted by Gasteiger charge is -2.13. The number of rotatable bonds is 4. The highest BCUT2D eigenvalue weighted by Gasteiger charge is 2.21. The molecule has 0 amide bonds. The monoisotopic (exact) mass is 313 g/mol. The Labute approximate surface area is 121 Å². The van der Waals surface area contributed by atoms with E-state index < -0.39 is 10.0 Å². The van der Waals surface area contributed by atoms with Crippen molar-refractivity contribution >= 4 is 21.4 Å². The Balaban J connectivity index is 2.26. The number of aromatic nitrogens is 2. The van der Waals surface area contributed by atoms with E-state index in [0.717, 1.165) is 15.6 Å².